The summed E-state index contributed by atoms with van der Waals surface area (Å²) >= 11 is 0. The molecule has 188 valence electrons. The van der Waals surface area contributed by atoms with Crippen LogP contribution in [0.1, 0.15) is 31.8 Å². The molecule has 0 bridgehead atoms. The first-order chi connectivity index (χ1) is 17.7. The summed E-state index contributed by atoms with van der Waals surface area (Å²) in [6, 6.07) is 15.0. The third-order valence-electron chi connectivity index (χ3n) is 6.65. The Balaban J connectivity index is 1.46. The van der Waals surface area contributed by atoms with Crippen LogP contribution in [0.4, 0.5) is 4.79 Å². The van der Waals surface area contributed by atoms with Gasteiger partial charge in [-0.15, -0.1) is 0 Å². The lowest BCUT2D eigenvalue weighted by Gasteiger charge is -2.31. The summed E-state index contributed by atoms with van der Waals surface area (Å²) in [6.07, 6.45) is 1.57. The van der Waals surface area contributed by atoms with Crippen LogP contribution < -0.4 is 15.4 Å². The van der Waals surface area contributed by atoms with Gasteiger partial charge in [0, 0.05) is 43.5 Å². The summed E-state index contributed by atoms with van der Waals surface area (Å²) in [4.78, 5) is 58.3. The van der Waals surface area contributed by atoms with Crippen molar-refractivity contribution < 1.29 is 23.9 Å². The second-order valence-electron chi connectivity index (χ2n) is 9.20. The van der Waals surface area contributed by atoms with Crippen molar-refractivity contribution in [1.29, 1.82) is 0 Å². The Bertz CT molecular complexity index is 1440. The standard InChI is InChI=1S/C27H25N5O5/c1-31(2)23(33)17-10-11-28-22(12-17)16-4-7-19(8-5-16)27(25(35)29-26(36)30-27)15-32-14-18-6-9-20(37-3)13-21(18)24(32)34/h4-13H,14-15H2,1-3H3,(H2,29,30,35,36)/t27-/m0/s1. The Kier molecular flexibility index (Phi) is 5.87. The maximum atomic E-state index is 13.2. The molecule has 0 spiro atoms. The molecule has 3 heterocycles. The van der Waals surface area contributed by atoms with E-state index in [1.165, 1.54) is 12.0 Å². The van der Waals surface area contributed by atoms with Gasteiger partial charge in [-0.3, -0.25) is 24.7 Å². The van der Waals surface area contributed by atoms with Gasteiger partial charge in [-0.1, -0.05) is 30.3 Å². The molecule has 10 nitrogen and oxygen atoms in total. The number of benzene rings is 2. The Labute approximate surface area is 213 Å². The Morgan fingerprint density at radius 3 is 2.49 bits per heavy atom. The molecular formula is C27H25N5O5. The van der Waals surface area contributed by atoms with Crippen LogP contribution in [0, 0.1) is 0 Å². The Morgan fingerprint density at radius 1 is 1.08 bits per heavy atom. The normalized spacial score (nSPS) is 18.4. The molecule has 0 radical (unpaired) electrons. The van der Waals surface area contributed by atoms with E-state index in [1.807, 2.05) is 6.07 Å². The zero-order valence-electron chi connectivity index (χ0n) is 20.6. The van der Waals surface area contributed by atoms with Crippen LogP contribution in [-0.2, 0) is 16.9 Å². The number of hydrogen-bond acceptors (Lipinski definition) is 6. The predicted octanol–water partition coefficient (Wildman–Crippen LogP) is 2.15. The molecule has 5 amide bonds. The smallest absolute Gasteiger partial charge is 0.322 e. The fraction of sp³-hybridized carbons (Fsp3) is 0.222. The number of rotatable bonds is 6. The molecule has 0 aliphatic carbocycles. The van der Waals surface area contributed by atoms with E-state index in [4.69, 9.17) is 4.74 Å². The highest BCUT2D eigenvalue weighted by Gasteiger charge is 2.50. The first-order valence-corrected chi connectivity index (χ1v) is 11.6. The summed E-state index contributed by atoms with van der Waals surface area (Å²) in [6.45, 7) is 0.253. The molecule has 1 atom stereocenters. The SMILES string of the molecule is COc1ccc2c(c1)C(=O)N(C[C@@]1(c3ccc(-c4cc(C(=O)N(C)C)ccn4)cc3)NC(=O)NC1=O)C2. The number of pyridine rings is 1. The van der Waals surface area contributed by atoms with Gasteiger partial charge in [0.25, 0.3) is 17.7 Å². The maximum absolute atomic E-state index is 13.2. The van der Waals surface area contributed by atoms with Gasteiger partial charge in [-0.2, -0.15) is 0 Å². The van der Waals surface area contributed by atoms with Gasteiger partial charge in [0.1, 0.15) is 5.75 Å². The summed E-state index contributed by atoms with van der Waals surface area (Å²) in [5.41, 5.74) is 2.20. The minimum absolute atomic E-state index is 0.0508. The van der Waals surface area contributed by atoms with Crippen LogP contribution in [-0.4, -0.2) is 66.3 Å². The van der Waals surface area contributed by atoms with Gasteiger partial charge in [0.15, 0.2) is 5.54 Å². The number of nitrogens with one attached hydrogen (secondary N) is 2. The van der Waals surface area contributed by atoms with E-state index in [-0.39, 0.29) is 18.4 Å². The van der Waals surface area contributed by atoms with E-state index in [1.54, 1.807) is 73.7 Å². The summed E-state index contributed by atoms with van der Waals surface area (Å²) in [7, 11) is 4.89. The topological polar surface area (TPSA) is 121 Å². The van der Waals surface area contributed by atoms with Gasteiger partial charge in [0.05, 0.1) is 19.3 Å². The molecule has 2 aromatic carbocycles. The number of amides is 5. The van der Waals surface area contributed by atoms with E-state index in [2.05, 4.69) is 15.6 Å². The van der Waals surface area contributed by atoms with Crippen LogP contribution in [0.2, 0.25) is 0 Å². The van der Waals surface area contributed by atoms with E-state index >= 15 is 0 Å². The molecule has 3 aromatic rings. The molecule has 2 aliphatic heterocycles. The summed E-state index contributed by atoms with van der Waals surface area (Å²) < 4.78 is 5.24. The highest BCUT2D eigenvalue weighted by Crippen LogP contribution is 2.33. The second-order valence-corrected chi connectivity index (χ2v) is 9.20. The molecule has 0 unspecified atom stereocenters. The van der Waals surface area contributed by atoms with Gasteiger partial charge >= 0.3 is 6.03 Å². The number of fused-ring (bicyclic) bond motifs is 1. The predicted molar refractivity (Wildman–Crippen MR) is 134 cm³/mol. The maximum Gasteiger partial charge on any atom is 0.322 e. The number of methoxy groups -OCH3 is 1. The second kappa shape index (κ2) is 9.05. The third-order valence-corrected chi connectivity index (χ3v) is 6.65. The average Bonchev–Trinajstić information content (AvgIpc) is 3.37. The number of urea groups is 1. The minimum atomic E-state index is -1.46. The Morgan fingerprint density at radius 2 is 1.84 bits per heavy atom. The molecule has 2 aliphatic rings. The lowest BCUT2D eigenvalue weighted by Crippen LogP contribution is -2.52. The largest absolute Gasteiger partial charge is 0.497 e. The van der Waals surface area contributed by atoms with Crippen LogP contribution in [0.25, 0.3) is 11.3 Å². The van der Waals surface area contributed by atoms with Crippen LogP contribution in [0.3, 0.4) is 0 Å². The zero-order valence-corrected chi connectivity index (χ0v) is 20.6. The number of hydrogen-bond donors (Lipinski definition) is 2. The molecule has 1 saturated heterocycles. The van der Waals surface area contributed by atoms with Crippen LogP contribution >= 0.6 is 0 Å². The average molecular weight is 500 g/mol. The van der Waals surface area contributed by atoms with Crippen molar-refractivity contribution in [3.8, 4) is 17.0 Å². The molecule has 1 fully saturated rings. The van der Waals surface area contributed by atoms with Crippen molar-refractivity contribution in [1.82, 2.24) is 25.4 Å². The minimum Gasteiger partial charge on any atom is -0.497 e. The van der Waals surface area contributed by atoms with E-state index in [0.717, 1.165) is 11.1 Å². The number of nitrogens with zero attached hydrogens (tertiary/aromatic N) is 3. The fourth-order valence-corrected chi connectivity index (χ4v) is 4.68. The highest BCUT2D eigenvalue weighted by atomic mass is 16.5. The first kappa shape index (κ1) is 24.0. The highest BCUT2D eigenvalue weighted by molar-refractivity contribution is 6.08. The third kappa shape index (κ3) is 4.16. The molecular weight excluding hydrogens is 474 g/mol. The van der Waals surface area contributed by atoms with Crippen molar-refractivity contribution >= 4 is 23.8 Å². The van der Waals surface area contributed by atoms with Crippen LogP contribution in [0.5, 0.6) is 5.75 Å². The number of carbonyl (C=O) groups excluding carboxylic acids is 4. The molecule has 0 saturated carbocycles. The summed E-state index contributed by atoms with van der Waals surface area (Å²) in [5.74, 6) is -0.358. The van der Waals surface area contributed by atoms with Gasteiger partial charge in [-0.05, 0) is 35.4 Å². The van der Waals surface area contributed by atoms with Gasteiger partial charge in [0.2, 0.25) is 0 Å². The van der Waals surface area contributed by atoms with Crippen molar-refractivity contribution in [2.75, 3.05) is 27.7 Å². The fourth-order valence-electron chi connectivity index (χ4n) is 4.68. The van der Waals surface area contributed by atoms with Crippen molar-refractivity contribution in [2.45, 2.75) is 12.1 Å². The van der Waals surface area contributed by atoms with Gasteiger partial charge < -0.3 is 19.9 Å². The number of aromatic nitrogens is 1. The van der Waals surface area contributed by atoms with Crippen molar-refractivity contribution in [2.24, 2.45) is 0 Å². The summed E-state index contributed by atoms with van der Waals surface area (Å²) in [5, 5.41) is 5.05. The quantitative estimate of drug-likeness (QED) is 0.502. The zero-order chi connectivity index (χ0) is 26.3. The lowest BCUT2D eigenvalue weighted by molar-refractivity contribution is -0.124. The molecule has 5 rings (SSSR count). The first-order valence-electron chi connectivity index (χ1n) is 11.6. The van der Waals surface area contributed by atoms with E-state index in [0.29, 0.717) is 34.7 Å². The Hall–Kier alpha value is -4.73. The number of imide groups is 1. The van der Waals surface area contributed by atoms with Crippen LogP contribution in [0.15, 0.2) is 60.8 Å². The number of ether oxygens (including phenoxy) is 1. The molecule has 10 heteroatoms. The monoisotopic (exact) mass is 499 g/mol. The van der Waals surface area contributed by atoms with E-state index < -0.39 is 17.5 Å². The van der Waals surface area contributed by atoms with Gasteiger partial charge in [-0.25, -0.2) is 4.79 Å². The lowest BCUT2D eigenvalue weighted by atomic mass is 9.88. The molecule has 37 heavy (non-hydrogen) atoms. The number of carbonyl (C=O) groups is 4. The van der Waals surface area contributed by atoms with E-state index in [9.17, 15) is 19.2 Å². The van der Waals surface area contributed by atoms with Crippen molar-refractivity contribution in [3.63, 3.8) is 0 Å². The molecule has 2 N–H and O–H groups in total. The van der Waals surface area contributed by atoms with Crippen molar-refractivity contribution in [3.05, 3.63) is 83.0 Å². The molecule has 1 aromatic heterocycles.